The first-order valence-corrected chi connectivity index (χ1v) is 6.77. The molecule has 16 heavy (non-hydrogen) atoms. The summed E-state index contributed by atoms with van der Waals surface area (Å²) in [5, 5.41) is 0. The van der Waals surface area contributed by atoms with Gasteiger partial charge in [-0.25, -0.2) is 0 Å². The third-order valence-corrected chi connectivity index (χ3v) is 4.75. The maximum Gasteiger partial charge on any atom is 0.123 e. The molecule has 2 aliphatic carbocycles. The second-order valence-electron chi connectivity index (χ2n) is 6.09. The van der Waals surface area contributed by atoms with Crippen LogP contribution in [0.4, 0.5) is 0 Å². The molecule has 0 aromatic rings. The molecule has 0 aromatic carbocycles. The lowest BCUT2D eigenvalue weighted by Crippen LogP contribution is -2.34. The molecular formula is C15H24O. The lowest BCUT2D eigenvalue weighted by molar-refractivity contribution is -0.113. The number of hydrogen-bond acceptors (Lipinski definition) is 1. The number of hydrogen-bond donors (Lipinski definition) is 0. The number of rotatable bonds is 2. The SMILES string of the molecule is CC(C)[C@@H]1CCC=C2C[C@H](C)[C@H](C=O)C[C@@H]21. The minimum atomic E-state index is 0.307. The third kappa shape index (κ3) is 2.09. The first kappa shape index (κ1) is 11.9. The van der Waals surface area contributed by atoms with Crippen molar-refractivity contribution in [3.8, 4) is 0 Å². The van der Waals surface area contributed by atoms with Gasteiger partial charge in [-0.2, -0.15) is 0 Å². The average Bonchev–Trinajstić information content (AvgIpc) is 2.26. The van der Waals surface area contributed by atoms with Crippen molar-refractivity contribution in [1.29, 1.82) is 0 Å². The van der Waals surface area contributed by atoms with E-state index >= 15 is 0 Å². The summed E-state index contributed by atoms with van der Waals surface area (Å²) in [4.78, 5) is 11.1. The van der Waals surface area contributed by atoms with Crippen LogP contribution >= 0.6 is 0 Å². The van der Waals surface area contributed by atoms with Crippen LogP contribution in [-0.4, -0.2) is 6.29 Å². The van der Waals surface area contributed by atoms with Gasteiger partial charge in [-0.15, -0.1) is 0 Å². The van der Waals surface area contributed by atoms with Crippen LogP contribution in [-0.2, 0) is 4.79 Å². The van der Waals surface area contributed by atoms with Crippen LogP contribution < -0.4 is 0 Å². The fourth-order valence-electron chi connectivity index (χ4n) is 3.69. The van der Waals surface area contributed by atoms with Crippen molar-refractivity contribution in [3.63, 3.8) is 0 Å². The molecule has 1 fully saturated rings. The van der Waals surface area contributed by atoms with Gasteiger partial charge in [0.15, 0.2) is 0 Å². The molecule has 0 N–H and O–H groups in total. The minimum Gasteiger partial charge on any atom is -0.303 e. The summed E-state index contributed by atoms with van der Waals surface area (Å²) in [7, 11) is 0. The molecule has 1 saturated carbocycles. The summed E-state index contributed by atoms with van der Waals surface area (Å²) in [6.07, 6.45) is 8.52. The van der Waals surface area contributed by atoms with Gasteiger partial charge in [0.05, 0.1) is 0 Å². The molecule has 0 unspecified atom stereocenters. The summed E-state index contributed by atoms with van der Waals surface area (Å²) in [5.74, 6) is 3.15. The predicted octanol–water partition coefficient (Wildman–Crippen LogP) is 3.84. The van der Waals surface area contributed by atoms with Crippen LogP contribution in [0.3, 0.4) is 0 Å². The quantitative estimate of drug-likeness (QED) is 0.510. The van der Waals surface area contributed by atoms with Crippen LogP contribution in [0.1, 0.15) is 46.5 Å². The maximum absolute atomic E-state index is 11.1. The van der Waals surface area contributed by atoms with Crippen molar-refractivity contribution in [2.24, 2.45) is 29.6 Å². The number of carbonyl (C=O) groups excluding carboxylic acids is 1. The van der Waals surface area contributed by atoms with Gasteiger partial charge in [-0.05, 0) is 49.4 Å². The van der Waals surface area contributed by atoms with E-state index in [-0.39, 0.29) is 0 Å². The molecule has 1 heteroatoms. The number of fused-ring (bicyclic) bond motifs is 1. The normalized spacial score (nSPS) is 39.1. The Hall–Kier alpha value is -0.590. The van der Waals surface area contributed by atoms with Crippen molar-refractivity contribution in [3.05, 3.63) is 11.6 Å². The Morgan fingerprint density at radius 2 is 2.19 bits per heavy atom. The summed E-state index contributed by atoms with van der Waals surface area (Å²) in [6, 6.07) is 0. The smallest absolute Gasteiger partial charge is 0.123 e. The molecule has 0 amide bonds. The Balaban J connectivity index is 2.18. The summed E-state index contributed by atoms with van der Waals surface area (Å²) < 4.78 is 0. The average molecular weight is 220 g/mol. The fourth-order valence-corrected chi connectivity index (χ4v) is 3.69. The molecular weight excluding hydrogens is 196 g/mol. The van der Waals surface area contributed by atoms with E-state index in [0.29, 0.717) is 17.8 Å². The Kier molecular flexibility index (Phi) is 3.51. The van der Waals surface area contributed by atoms with Crippen LogP contribution in [0.2, 0.25) is 0 Å². The zero-order valence-corrected chi connectivity index (χ0v) is 10.8. The lowest BCUT2D eigenvalue weighted by atomic mass is 9.62. The van der Waals surface area contributed by atoms with Crippen LogP contribution in [0, 0.1) is 29.6 Å². The monoisotopic (exact) mass is 220 g/mol. The van der Waals surface area contributed by atoms with E-state index in [1.807, 2.05) is 0 Å². The Bertz CT molecular complexity index is 290. The van der Waals surface area contributed by atoms with Gasteiger partial charge in [0.25, 0.3) is 0 Å². The molecule has 0 saturated heterocycles. The molecule has 0 heterocycles. The number of allylic oxidation sites excluding steroid dienone is 2. The van der Waals surface area contributed by atoms with Crippen molar-refractivity contribution in [2.75, 3.05) is 0 Å². The molecule has 2 aliphatic rings. The topological polar surface area (TPSA) is 17.1 Å². The van der Waals surface area contributed by atoms with Gasteiger partial charge in [0.2, 0.25) is 0 Å². The molecule has 4 atom stereocenters. The molecule has 0 bridgehead atoms. The second kappa shape index (κ2) is 4.73. The lowest BCUT2D eigenvalue weighted by Gasteiger charge is -2.42. The summed E-state index contributed by atoms with van der Waals surface area (Å²) >= 11 is 0. The van der Waals surface area contributed by atoms with E-state index in [9.17, 15) is 4.79 Å². The van der Waals surface area contributed by atoms with Crippen LogP contribution in [0.15, 0.2) is 11.6 Å². The highest BCUT2D eigenvalue weighted by Gasteiger charge is 2.37. The van der Waals surface area contributed by atoms with E-state index in [4.69, 9.17) is 0 Å². The molecule has 1 nitrogen and oxygen atoms in total. The largest absolute Gasteiger partial charge is 0.303 e. The van der Waals surface area contributed by atoms with Gasteiger partial charge in [0.1, 0.15) is 6.29 Å². The molecule has 0 radical (unpaired) electrons. The first-order valence-electron chi connectivity index (χ1n) is 6.77. The van der Waals surface area contributed by atoms with Crippen molar-refractivity contribution in [2.45, 2.75) is 46.5 Å². The third-order valence-electron chi connectivity index (χ3n) is 4.75. The summed E-state index contributed by atoms with van der Waals surface area (Å²) in [5.41, 5.74) is 1.66. The molecule has 2 rings (SSSR count). The van der Waals surface area contributed by atoms with E-state index in [0.717, 1.165) is 24.7 Å². The molecule has 0 aromatic heterocycles. The van der Waals surface area contributed by atoms with E-state index < -0.39 is 0 Å². The van der Waals surface area contributed by atoms with Gasteiger partial charge in [-0.1, -0.05) is 32.4 Å². The molecule has 90 valence electrons. The van der Waals surface area contributed by atoms with Crippen molar-refractivity contribution >= 4 is 6.29 Å². The van der Waals surface area contributed by atoms with Gasteiger partial charge >= 0.3 is 0 Å². The second-order valence-corrected chi connectivity index (χ2v) is 6.09. The zero-order chi connectivity index (χ0) is 11.7. The minimum absolute atomic E-state index is 0.307. The number of carbonyl (C=O) groups is 1. The highest BCUT2D eigenvalue weighted by Crippen LogP contribution is 2.46. The highest BCUT2D eigenvalue weighted by atomic mass is 16.1. The van der Waals surface area contributed by atoms with E-state index in [1.54, 1.807) is 5.57 Å². The predicted molar refractivity (Wildman–Crippen MR) is 67.1 cm³/mol. The van der Waals surface area contributed by atoms with E-state index in [2.05, 4.69) is 26.8 Å². The molecule has 0 spiro atoms. The molecule has 0 aliphatic heterocycles. The van der Waals surface area contributed by atoms with Crippen molar-refractivity contribution in [1.82, 2.24) is 0 Å². The Morgan fingerprint density at radius 1 is 1.44 bits per heavy atom. The van der Waals surface area contributed by atoms with Crippen LogP contribution in [0.25, 0.3) is 0 Å². The standard InChI is InChI=1S/C15H24O/c1-10(2)14-6-4-5-12-7-11(3)13(9-16)8-15(12)14/h5,9-11,13-15H,4,6-8H2,1-3H3/t11-,13-,14-,15-/m0/s1. The number of aldehydes is 1. The van der Waals surface area contributed by atoms with Gasteiger partial charge < -0.3 is 4.79 Å². The summed E-state index contributed by atoms with van der Waals surface area (Å²) in [6.45, 7) is 6.90. The van der Waals surface area contributed by atoms with Crippen molar-refractivity contribution < 1.29 is 4.79 Å². The van der Waals surface area contributed by atoms with E-state index in [1.165, 1.54) is 19.1 Å². The fraction of sp³-hybridized carbons (Fsp3) is 0.800. The highest BCUT2D eigenvalue weighted by molar-refractivity contribution is 5.55. The maximum atomic E-state index is 11.1. The van der Waals surface area contributed by atoms with Gasteiger partial charge in [0, 0.05) is 5.92 Å². The Labute approximate surface area is 99.3 Å². The van der Waals surface area contributed by atoms with Crippen LogP contribution in [0.5, 0.6) is 0 Å². The van der Waals surface area contributed by atoms with Gasteiger partial charge in [-0.3, -0.25) is 0 Å². The first-order chi connectivity index (χ1) is 7.63. The Morgan fingerprint density at radius 3 is 2.81 bits per heavy atom. The zero-order valence-electron chi connectivity index (χ0n) is 10.8.